The first-order chi connectivity index (χ1) is 22.8. The van der Waals surface area contributed by atoms with Gasteiger partial charge in [-0.2, -0.15) is 4.31 Å². The van der Waals surface area contributed by atoms with E-state index in [0.29, 0.717) is 25.2 Å². The molecule has 0 radical (unpaired) electrons. The van der Waals surface area contributed by atoms with Gasteiger partial charge < -0.3 is 24.2 Å². The zero-order chi connectivity index (χ0) is 35.1. The molecule has 4 atom stereocenters. The Morgan fingerprint density at radius 1 is 1.10 bits per heavy atom. The summed E-state index contributed by atoms with van der Waals surface area (Å²) in [6.07, 6.45) is 1.30. The molecule has 12 nitrogen and oxygen atoms in total. The number of hydrogen-bond donors (Lipinski definition) is 2. The van der Waals surface area contributed by atoms with E-state index in [1.165, 1.54) is 41.6 Å². The molecule has 0 aliphatic carbocycles. The smallest absolute Gasteiger partial charge is 0.261 e. The van der Waals surface area contributed by atoms with Crippen molar-refractivity contribution in [3.63, 3.8) is 0 Å². The van der Waals surface area contributed by atoms with Gasteiger partial charge in [0.1, 0.15) is 15.7 Å². The minimum atomic E-state index is -4.01. The van der Waals surface area contributed by atoms with E-state index < -0.39 is 38.1 Å². The number of nitrogens with one attached hydrogen (secondary N) is 1. The van der Waals surface area contributed by atoms with Crippen LogP contribution >= 0.6 is 11.3 Å². The third-order valence-corrected chi connectivity index (χ3v) is 12.9. The lowest BCUT2D eigenvalue weighted by Gasteiger charge is -2.35. The fourth-order valence-corrected chi connectivity index (χ4v) is 8.77. The van der Waals surface area contributed by atoms with Crippen molar-refractivity contribution in [3.05, 3.63) is 65.5 Å². The molecule has 3 aromatic rings. The van der Waals surface area contributed by atoms with Crippen molar-refractivity contribution in [1.82, 2.24) is 9.21 Å². The largest absolute Gasteiger partial charge is 0.497 e. The summed E-state index contributed by atoms with van der Waals surface area (Å²) in [5.74, 6) is -0.0411. The molecule has 1 amide bonds. The van der Waals surface area contributed by atoms with Crippen molar-refractivity contribution >= 4 is 43.0 Å². The predicted molar refractivity (Wildman–Crippen MR) is 185 cm³/mol. The Hall–Kier alpha value is -3.21. The maximum absolute atomic E-state index is 14.4. The quantitative estimate of drug-likeness (QED) is 0.304. The summed E-state index contributed by atoms with van der Waals surface area (Å²) < 4.78 is 74.7. The third kappa shape index (κ3) is 9.27. The minimum absolute atomic E-state index is 0.0149. The van der Waals surface area contributed by atoms with Crippen LogP contribution in [0.2, 0.25) is 0 Å². The van der Waals surface area contributed by atoms with Crippen LogP contribution in [-0.2, 0) is 24.8 Å². The SMILES string of the molecule is COc1ccc(S(=O)(=O)Nc2ccc3c(c2)C(=O)N([C@H](C)CO)C[C@H](C)[C@H](CN(C)S(=O)(=O)c2cccs2)OCCCC[C@H](C)O3)cc1. The number of thiophene rings is 1. The van der Waals surface area contributed by atoms with E-state index in [2.05, 4.69) is 4.72 Å². The number of nitrogens with zero attached hydrogens (tertiary/aromatic N) is 2. The maximum Gasteiger partial charge on any atom is 0.261 e. The number of likely N-dealkylation sites (N-methyl/N-ethyl adjacent to an activating group) is 1. The number of carbonyl (C=O) groups excluding carboxylic acids is 1. The van der Waals surface area contributed by atoms with Crippen LogP contribution in [0.4, 0.5) is 5.69 Å². The van der Waals surface area contributed by atoms with Gasteiger partial charge in [0.2, 0.25) is 0 Å². The second kappa shape index (κ2) is 16.5. The molecule has 15 heteroatoms. The topological polar surface area (TPSA) is 152 Å². The lowest BCUT2D eigenvalue weighted by Crippen LogP contribution is -2.48. The number of aliphatic hydroxyl groups is 1. The summed E-state index contributed by atoms with van der Waals surface area (Å²) in [5.41, 5.74) is 0.276. The van der Waals surface area contributed by atoms with Crippen LogP contribution in [-0.4, -0.2) is 95.8 Å². The van der Waals surface area contributed by atoms with E-state index >= 15 is 0 Å². The third-order valence-electron chi connectivity index (χ3n) is 8.27. The van der Waals surface area contributed by atoms with Gasteiger partial charge in [-0.15, -0.1) is 11.3 Å². The van der Waals surface area contributed by atoms with Crippen molar-refractivity contribution in [2.24, 2.45) is 5.92 Å². The molecule has 2 heterocycles. The second-order valence-electron chi connectivity index (χ2n) is 12.0. The van der Waals surface area contributed by atoms with Gasteiger partial charge in [-0.1, -0.05) is 13.0 Å². The lowest BCUT2D eigenvalue weighted by molar-refractivity contribution is -0.00832. The molecule has 4 rings (SSSR count). The van der Waals surface area contributed by atoms with Crippen molar-refractivity contribution in [2.75, 3.05) is 45.2 Å². The molecular formula is C33H45N3O9S3. The molecule has 0 spiro atoms. The molecule has 0 saturated heterocycles. The van der Waals surface area contributed by atoms with E-state index in [1.807, 2.05) is 13.8 Å². The molecule has 1 aliphatic rings. The first-order valence-electron chi connectivity index (χ1n) is 15.8. The Morgan fingerprint density at radius 2 is 1.83 bits per heavy atom. The highest BCUT2D eigenvalue weighted by Gasteiger charge is 2.33. The molecular weight excluding hydrogens is 679 g/mol. The highest BCUT2D eigenvalue weighted by atomic mass is 32.2. The van der Waals surface area contributed by atoms with Crippen LogP contribution in [0.1, 0.15) is 50.4 Å². The van der Waals surface area contributed by atoms with Gasteiger partial charge in [-0.25, -0.2) is 16.8 Å². The Bertz CT molecular complexity index is 1720. The highest BCUT2D eigenvalue weighted by molar-refractivity contribution is 7.92. The number of sulfonamides is 2. The minimum Gasteiger partial charge on any atom is -0.497 e. The number of amides is 1. The number of hydrogen-bond acceptors (Lipinski definition) is 10. The molecule has 264 valence electrons. The summed E-state index contributed by atoms with van der Waals surface area (Å²) in [5, 5.41) is 11.9. The molecule has 0 fully saturated rings. The molecule has 2 aromatic carbocycles. The van der Waals surface area contributed by atoms with E-state index in [-0.39, 0.29) is 57.8 Å². The van der Waals surface area contributed by atoms with Crippen LogP contribution in [0.25, 0.3) is 0 Å². The average Bonchev–Trinajstić information content (AvgIpc) is 3.62. The number of fused-ring (bicyclic) bond motifs is 1. The van der Waals surface area contributed by atoms with Crippen molar-refractivity contribution in [3.8, 4) is 11.5 Å². The van der Waals surface area contributed by atoms with Gasteiger partial charge in [-0.05, 0) is 87.0 Å². The van der Waals surface area contributed by atoms with Crippen LogP contribution in [0.3, 0.4) is 0 Å². The number of aliphatic hydroxyl groups excluding tert-OH is 1. The van der Waals surface area contributed by atoms with Gasteiger partial charge in [0.15, 0.2) is 0 Å². The first-order valence-corrected chi connectivity index (χ1v) is 19.6. The molecule has 48 heavy (non-hydrogen) atoms. The standard InChI is InChI=1S/C33H45N3O9S3/c1-23-20-36(24(2)22-37)33(38)29-19-26(34-47(39,40)28-14-12-27(43-5)13-15-28)11-16-30(29)45-25(3)9-6-7-17-44-31(23)21-35(4)48(41,42)32-10-8-18-46-32/h8,10-16,18-19,23-25,31,34,37H,6-7,9,17,20-22H2,1-5H3/t23-,24+,25-,31-/m0/s1. The lowest BCUT2D eigenvalue weighted by atomic mass is 10.0. The Labute approximate surface area is 287 Å². The molecule has 2 N–H and O–H groups in total. The van der Waals surface area contributed by atoms with Gasteiger partial charge in [0.25, 0.3) is 26.0 Å². The fraction of sp³-hybridized carbons (Fsp3) is 0.485. The van der Waals surface area contributed by atoms with Crippen molar-refractivity contribution in [1.29, 1.82) is 0 Å². The van der Waals surface area contributed by atoms with Crippen LogP contribution in [0.15, 0.2) is 69.1 Å². The van der Waals surface area contributed by atoms with Crippen LogP contribution in [0.5, 0.6) is 11.5 Å². The van der Waals surface area contributed by atoms with Crippen LogP contribution < -0.4 is 14.2 Å². The fourth-order valence-electron chi connectivity index (χ4n) is 5.33. The summed E-state index contributed by atoms with van der Waals surface area (Å²) >= 11 is 1.14. The van der Waals surface area contributed by atoms with Gasteiger partial charge in [0, 0.05) is 38.3 Å². The van der Waals surface area contributed by atoms with Crippen molar-refractivity contribution < 1.29 is 40.9 Å². The molecule has 1 aliphatic heterocycles. The maximum atomic E-state index is 14.4. The summed E-state index contributed by atoms with van der Waals surface area (Å²) in [6.45, 7) is 5.71. The molecule has 0 saturated carbocycles. The van der Waals surface area contributed by atoms with Crippen LogP contribution in [0, 0.1) is 5.92 Å². The zero-order valence-corrected chi connectivity index (χ0v) is 30.3. The Balaban J connectivity index is 1.67. The monoisotopic (exact) mass is 723 g/mol. The Morgan fingerprint density at radius 3 is 2.48 bits per heavy atom. The van der Waals surface area contributed by atoms with Gasteiger partial charge in [-0.3, -0.25) is 9.52 Å². The van der Waals surface area contributed by atoms with E-state index in [0.717, 1.165) is 17.8 Å². The van der Waals surface area contributed by atoms with Crippen molar-refractivity contribution in [2.45, 2.75) is 67.4 Å². The number of anilines is 1. The van der Waals surface area contributed by atoms with E-state index in [1.54, 1.807) is 48.7 Å². The Kier molecular flexibility index (Phi) is 12.9. The average molecular weight is 724 g/mol. The van der Waals surface area contributed by atoms with Gasteiger partial charge >= 0.3 is 0 Å². The second-order valence-corrected chi connectivity index (χ2v) is 16.9. The number of methoxy groups -OCH3 is 1. The summed E-state index contributed by atoms with van der Waals surface area (Å²) in [4.78, 5) is 15.9. The molecule has 0 unspecified atom stereocenters. The van der Waals surface area contributed by atoms with E-state index in [9.17, 15) is 26.7 Å². The first kappa shape index (κ1) is 37.6. The zero-order valence-electron chi connectivity index (χ0n) is 27.9. The normalized spacial score (nSPS) is 20.8. The number of ether oxygens (including phenoxy) is 3. The number of rotatable bonds is 10. The molecule has 1 aromatic heterocycles. The highest BCUT2D eigenvalue weighted by Crippen LogP contribution is 2.30. The number of carbonyl (C=O) groups is 1. The summed E-state index contributed by atoms with van der Waals surface area (Å²) in [7, 11) is -4.76. The summed E-state index contributed by atoms with van der Waals surface area (Å²) in [6, 6.07) is 13.1. The number of benzene rings is 2. The predicted octanol–water partition coefficient (Wildman–Crippen LogP) is 4.67. The molecule has 0 bridgehead atoms. The van der Waals surface area contributed by atoms with Gasteiger partial charge in [0.05, 0.1) is 42.4 Å². The van der Waals surface area contributed by atoms with E-state index in [4.69, 9.17) is 14.2 Å².